The lowest BCUT2D eigenvalue weighted by atomic mass is 9.44. The molecule has 0 heterocycles. The third kappa shape index (κ3) is 2.22. The van der Waals surface area contributed by atoms with Crippen LogP contribution < -0.4 is 0 Å². The van der Waals surface area contributed by atoms with Crippen LogP contribution in [-0.4, -0.2) is 35.9 Å². The van der Waals surface area contributed by atoms with E-state index in [0.717, 1.165) is 12.0 Å². The van der Waals surface area contributed by atoms with E-state index in [1.54, 1.807) is 6.08 Å². The number of carbonyl (C=O) groups is 3. The van der Waals surface area contributed by atoms with Gasteiger partial charge in [0, 0.05) is 18.3 Å². The van der Waals surface area contributed by atoms with Gasteiger partial charge in [0.2, 0.25) is 0 Å². The Morgan fingerprint density at radius 2 is 1.96 bits per heavy atom. The second-order valence-electron chi connectivity index (χ2n) is 9.25. The van der Waals surface area contributed by atoms with E-state index in [1.165, 1.54) is 7.11 Å². The van der Waals surface area contributed by atoms with Crippen molar-refractivity contribution in [3.05, 3.63) is 11.6 Å². The summed E-state index contributed by atoms with van der Waals surface area (Å²) in [6.45, 7) is 4.11. The Hall–Kier alpha value is -1.49. The zero-order chi connectivity index (χ0) is 18.9. The number of hydrogen-bond donors (Lipinski definition) is 1. The Morgan fingerprint density at radius 3 is 2.65 bits per heavy atom. The number of aliphatic hydroxyl groups excluding tert-OH is 1. The Morgan fingerprint density at radius 1 is 1.23 bits per heavy atom. The number of rotatable bonds is 1. The van der Waals surface area contributed by atoms with Gasteiger partial charge in [-0.25, -0.2) is 0 Å². The van der Waals surface area contributed by atoms with Crippen molar-refractivity contribution in [2.75, 3.05) is 7.11 Å². The molecular formula is C21H28O5. The monoisotopic (exact) mass is 360 g/mol. The summed E-state index contributed by atoms with van der Waals surface area (Å²) >= 11 is 0. The predicted octanol–water partition coefficient (Wildman–Crippen LogP) is 2.46. The SMILES string of the molecule is COC(=O)[C@@H]1CC2=CC(=O)CCC2(C)C2C1[C@@H]1CCC(=O)C1(C)C[C@H]2O. The number of ether oxygens (including phenoxy) is 1. The average molecular weight is 360 g/mol. The van der Waals surface area contributed by atoms with E-state index in [2.05, 4.69) is 6.92 Å². The zero-order valence-electron chi connectivity index (χ0n) is 15.8. The van der Waals surface area contributed by atoms with Crippen LogP contribution in [0, 0.1) is 34.5 Å². The predicted molar refractivity (Wildman–Crippen MR) is 94.0 cm³/mol. The van der Waals surface area contributed by atoms with E-state index < -0.39 is 11.5 Å². The van der Waals surface area contributed by atoms with Crippen molar-refractivity contribution >= 4 is 17.5 Å². The molecule has 0 aromatic heterocycles. The molecule has 3 saturated carbocycles. The Labute approximate surface area is 154 Å². The molecule has 5 nitrogen and oxygen atoms in total. The molecule has 1 N–H and O–H groups in total. The van der Waals surface area contributed by atoms with Gasteiger partial charge in [-0.2, -0.15) is 0 Å². The van der Waals surface area contributed by atoms with Crippen molar-refractivity contribution in [1.82, 2.24) is 0 Å². The topological polar surface area (TPSA) is 80.7 Å². The molecule has 0 aliphatic heterocycles. The number of hydrogen-bond acceptors (Lipinski definition) is 5. The number of fused-ring (bicyclic) bond motifs is 5. The number of esters is 1. The zero-order valence-corrected chi connectivity index (χ0v) is 15.8. The van der Waals surface area contributed by atoms with E-state index >= 15 is 0 Å². The van der Waals surface area contributed by atoms with E-state index in [4.69, 9.17) is 4.74 Å². The molecule has 0 saturated heterocycles. The van der Waals surface area contributed by atoms with E-state index in [0.29, 0.717) is 32.1 Å². The van der Waals surface area contributed by atoms with Crippen LogP contribution in [0.2, 0.25) is 0 Å². The minimum Gasteiger partial charge on any atom is -0.469 e. The highest BCUT2D eigenvalue weighted by Crippen LogP contribution is 2.65. The summed E-state index contributed by atoms with van der Waals surface area (Å²) in [5, 5.41) is 11.2. The second kappa shape index (κ2) is 5.75. The van der Waals surface area contributed by atoms with Crippen molar-refractivity contribution in [2.24, 2.45) is 34.5 Å². The van der Waals surface area contributed by atoms with Gasteiger partial charge in [-0.3, -0.25) is 14.4 Å². The van der Waals surface area contributed by atoms with Crippen LogP contribution in [0.3, 0.4) is 0 Å². The van der Waals surface area contributed by atoms with Crippen LogP contribution in [-0.2, 0) is 19.1 Å². The summed E-state index contributed by atoms with van der Waals surface area (Å²) in [4.78, 5) is 37.3. The van der Waals surface area contributed by atoms with Crippen LogP contribution in [0.4, 0.5) is 0 Å². The van der Waals surface area contributed by atoms with E-state index in [9.17, 15) is 19.5 Å². The lowest BCUT2D eigenvalue weighted by molar-refractivity contribution is -0.172. The molecule has 7 atom stereocenters. The first-order valence-electron chi connectivity index (χ1n) is 9.75. The molecule has 4 aliphatic carbocycles. The fraction of sp³-hybridized carbons (Fsp3) is 0.762. The fourth-order valence-electron chi connectivity index (χ4n) is 6.84. The number of ketones is 2. The normalized spacial score (nSPS) is 47.5. The molecule has 0 aromatic carbocycles. The van der Waals surface area contributed by atoms with Gasteiger partial charge >= 0.3 is 5.97 Å². The first-order chi connectivity index (χ1) is 12.2. The number of aliphatic hydroxyl groups is 1. The summed E-state index contributed by atoms with van der Waals surface area (Å²) in [6, 6.07) is 0. The molecule has 0 aromatic rings. The third-order valence-electron chi connectivity index (χ3n) is 8.17. The van der Waals surface area contributed by atoms with Crippen molar-refractivity contribution in [1.29, 1.82) is 0 Å². The van der Waals surface area contributed by atoms with Gasteiger partial charge < -0.3 is 9.84 Å². The molecule has 0 radical (unpaired) electrons. The van der Waals surface area contributed by atoms with Gasteiger partial charge in [-0.15, -0.1) is 0 Å². The first kappa shape index (κ1) is 17.9. The summed E-state index contributed by atoms with van der Waals surface area (Å²) in [5.41, 5.74) is 0.155. The van der Waals surface area contributed by atoms with Gasteiger partial charge in [0.1, 0.15) is 5.78 Å². The maximum atomic E-state index is 12.7. The van der Waals surface area contributed by atoms with Crippen molar-refractivity contribution < 1.29 is 24.2 Å². The maximum absolute atomic E-state index is 12.7. The minimum absolute atomic E-state index is 0.0713. The number of carbonyl (C=O) groups excluding carboxylic acids is 3. The van der Waals surface area contributed by atoms with E-state index in [1.807, 2.05) is 6.92 Å². The molecular weight excluding hydrogens is 332 g/mol. The van der Waals surface area contributed by atoms with Crippen LogP contribution in [0.25, 0.3) is 0 Å². The third-order valence-corrected chi connectivity index (χ3v) is 8.17. The van der Waals surface area contributed by atoms with Gasteiger partial charge in [0.05, 0.1) is 19.1 Å². The summed E-state index contributed by atoms with van der Waals surface area (Å²) in [7, 11) is 1.39. The quantitative estimate of drug-likeness (QED) is 0.727. The largest absolute Gasteiger partial charge is 0.469 e. The summed E-state index contributed by atoms with van der Waals surface area (Å²) in [6.07, 6.45) is 4.54. The highest BCUT2D eigenvalue weighted by atomic mass is 16.5. The van der Waals surface area contributed by atoms with Gasteiger partial charge in [-0.1, -0.05) is 19.4 Å². The van der Waals surface area contributed by atoms with E-state index in [-0.39, 0.29) is 46.6 Å². The smallest absolute Gasteiger partial charge is 0.309 e. The van der Waals surface area contributed by atoms with Crippen molar-refractivity contribution in [3.63, 3.8) is 0 Å². The Kier molecular flexibility index (Phi) is 3.96. The lowest BCUT2D eigenvalue weighted by Crippen LogP contribution is -2.60. The standard InChI is InChI=1S/C21H28O5/c1-20-7-6-12(22)8-11(20)9-13(19(25)26-3)17-14-4-5-16(24)21(14,2)10-15(23)18(17)20/h8,13-15,17-18,23H,4-7,9-10H2,1-3H3/t13-,14+,15-,17?,18?,20?,21?/m1/s1. The van der Waals surface area contributed by atoms with Gasteiger partial charge in [-0.05, 0) is 54.9 Å². The van der Waals surface area contributed by atoms with Gasteiger partial charge in [0.15, 0.2) is 5.78 Å². The van der Waals surface area contributed by atoms with Crippen LogP contribution in [0.1, 0.15) is 52.4 Å². The molecule has 0 spiro atoms. The number of Topliss-reactive ketones (excluding diaryl/α,β-unsaturated/α-hetero) is 1. The molecule has 142 valence electrons. The van der Waals surface area contributed by atoms with Crippen LogP contribution in [0.15, 0.2) is 11.6 Å². The lowest BCUT2D eigenvalue weighted by Gasteiger charge is -2.60. The fourth-order valence-corrected chi connectivity index (χ4v) is 6.84. The molecule has 5 heteroatoms. The van der Waals surface area contributed by atoms with Crippen LogP contribution in [0.5, 0.6) is 0 Å². The Bertz CT molecular complexity index is 709. The van der Waals surface area contributed by atoms with Crippen molar-refractivity contribution in [3.8, 4) is 0 Å². The van der Waals surface area contributed by atoms with Gasteiger partial charge in [0.25, 0.3) is 0 Å². The molecule has 4 rings (SSSR count). The number of methoxy groups -OCH3 is 1. The first-order valence-corrected chi connectivity index (χ1v) is 9.75. The molecule has 4 unspecified atom stereocenters. The molecule has 0 bridgehead atoms. The highest BCUT2D eigenvalue weighted by molar-refractivity contribution is 5.92. The minimum atomic E-state index is -0.641. The molecule has 26 heavy (non-hydrogen) atoms. The second-order valence-corrected chi connectivity index (χ2v) is 9.25. The summed E-state index contributed by atoms with van der Waals surface area (Å²) in [5.74, 6) is -0.429. The Balaban J connectivity index is 1.85. The molecule has 0 amide bonds. The highest BCUT2D eigenvalue weighted by Gasteiger charge is 2.65. The summed E-state index contributed by atoms with van der Waals surface area (Å²) < 4.78 is 5.10. The molecule has 4 aliphatic rings. The molecule has 3 fully saturated rings. The van der Waals surface area contributed by atoms with Crippen molar-refractivity contribution in [2.45, 2.75) is 58.5 Å². The number of allylic oxidation sites excluding steroid dienone is 1. The maximum Gasteiger partial charge on any atom is 0.309 e. The average Bonchev–Trinajstić information content (AvgIpc) is 2.88. The van der Waals surface area contributed by atoms with Crippen LogP contribution >= 0.6 is 0 Å².